The molecule has 1 aliphatic rings. The fraction of sp³-hybridized carbons (Fsp3) is 0.667. The molecule has 2 rings (SSSR count). The average Bonchev–Trinajstić information content (AvgIpc) is 2.54. The monoisotopic (exact) mass is 263 g/mol. The third kappa shape index (κ3) is 4.00. The van der Waals surface area contributed by atoms with Gasteiger partial charge in [0.05, 0.1) is 0 Å². The van der Waals surface area contributed by atoms with Crippen LogP contribution in [0.4, 0.5) is 0 Å². The van der Waals surface area contributed by atoms with Crippen LogP contribution in [0.15, 0.2) is 24.5 Å². The van der Waals surface area contributed by atoms with Crippen molar-refractivity contribution in [3.8, 4) is 0 Å². The predicted molar refractivity (Wildman–Crippen MR) is 76.8 cm³/mol. The Labute approximate surface area is 116 Å². The SMILES string of the molecule is CC1CCN(Cc2ccncc2)C(CCO)CN1C. The number of aromatic nitrogens is 1. The van der Waals surface area contributed by atoms with E-state index in [2.05, 4.69) is 40.9 Å². The maximum Gasteiger partial charge on any atom is 0.0446 e. The first-order valence-corrected chi connectivity index (χ1v) is 7.14. The van der Waals surface area contributed by atoms with Crippen LogP contribution in [0.3, 0.4) is 0 Å². The largest absolute Gasteiger partial charge is 0.396 e. The van der Waals surface area contributed by atoms with Gasteiger partial charge in [0.15, 0.2) is 0 Å². The second kappa shape index (κ2) is 6.98. The Hall–Kier alpha value is -0.970. The van der Waals surface area contributed by atoms with Crippen molar-refractivity contribution >= 4 is 0 Å². The lowest BCUT2D eigenvalue weighted by molar-refractivity contribution is 0.140. The zero-order chi connectivity index (χ0) is 13.7. The number of rotatable bonds is 4. The number of aliphatic hydroxyl groups excluding tert-OH is 1. The third-order valence-electron chi connectivity index (χ3n) is 4.20. The summed E-state index contributed by atoms with van der Waals surface area (Å²) in [5.41, 5.74) is 1.30. The molecule has 0 amide bonds. The van der Waals surface area contributed by atoms with Crippen LogP contribution < -0.4 is 0 Å². The molecule has 1 aliphatic heterocycles. The molecule has 19 heavy (non-hydrogen) atoms. The molecular weight excluding hydrogens is 238 g/mol. The van der Waals surface area contributed by atoms with Crippen LogP contribution in [0.5, 0.6) is 0 Å². The molecule has 106 valence electrons. The minimum absolute atomic E-state index is 0.264. The lowest BCUT2D eigenvalue weighted by atomic mass is 10.1. The zero-order valence-corrected chi connectivity index (χ0v) is 12.0. The summed E-state index contributed by atoms with van der Waals surface area (Å²) in [4.78, 5) is 8.98. The van der Waals surface area contributed by atoms with Gasteiger partial charge in [-0.1, -0.05) is 0 Å². The van der Waals surface area contributed by atoms with Gasteiger partial charge in [0.2, 0.25) is 0 Å². The van der Waals surface area contributed by atoms with Crippen LogP contribution in [0.1, 0.15) is 25.3 Å². The van der Waals surface area contributed by atoms with Crippen LogP contribution >= 0.6 is 0 Å². The van der Waals surface area contributed by atoms with Gasteiger partial charge in [-0.15, -0.1) is 0 Å². The first-order valence-electron chi connectivity index (χ1n) is 7.14. The van der Waals surface area contributed by atoms with Gasteiger partial charge in [0, 0.05) is 50.7 Å². The smallest absolute Gasteiger partial charge is 0.0446 e. The van der Waals surface area contributed by atoms with Gasteiger partial charge in [-0.3, -0.25) is 9.88 Å². The van der Waals surface area contributed by atoms with E-state index in [1.807, 2.05) is 12.4 Å². The molecule has 0 spiro atoms. The lowest BCUT2D eigenvalue weighted by Crippen LogP contribution is -2.41. The molecule has 0 aromatic carbocycles. The van der Waals surface area contributed by atoms with Crippen LogP contribution in [0.2, 0.25) is 0 Å². The standard InChI is InChI=1S/C15H25N3O/c1-13-5-9-18(11-14-3-7-16-8-4-14)15(6-10-19)12-17(13)2/h3-4,7-8,13,15,19H,5-6,9-12H2,1-2H3. The minimum Gasteiger partial charge on any atom is -0.396 e. The Morgan fingerprint density at radius 2 is 2.11 bits per heavy atom. The molecule has 1 aromatic heterocycles. The van der Waals surface area contributed by atoms with E-state index in [-0.39, 0.29) is 6.61 Å². The highest BCUT2D eigenvalue weighted by Gasteiger charge is 2.26. The first kappa shape index (κ1) is 14.4. The molecule has 2 heterocycles. The van der Waals surface area contributed by atoms with E-state index < -0.39 is 0 Å². The Kier molecular flexibility index (Phi) is 5.31. The van der Waals surface area contributed by atoms with Crippen LogP contribution in [-0.2, 0) is 6.54 Å². The summed E-state index contributed by atoms with van der Waals surface area (Å²) in [5.74, 6) is 0. The molecule has 1 saturated heterocycles. The van der Waals surface area contributed by atoms with Crippen molar-refractivity contribution in [3.63, 3.8) is 0 Å². The Morgan fingerprint density at radius 1 is 1.37 bits per heavy atom. The van der Waals surface area contributed by atoms with Gasteiger partial charge < -0.3 is 10.0 Å². The molecule has 0 bridgehead atoms. The van der Waals surface area contributed by atoms with E-state index in [1.54, 1.807) is 0 Å². The van der Waals surface area contributed by atoms with Crippen molar-refractivity contribution in [1.82, 2.24) is 14.8 Å². The molecule has 1 aromatic rings. The van der Waals surface area contributed by atoms with Crippen LogP contribution in [0, 0.1) is 0 Å². The summed E-state index contributed by atoms with van der Waals surface area (Å²) in [6, 6.07) is 5.21. The van der Waals surface area contributed by atoms with Crippen molar-refractivity contribution in [3.05, 3.63) is 30.1 Å². The fourth-order valence-corrected chi connectivity index (χ4v) is 2.74. The second-order valence-corrected chi connectivity index (χ2v) is 5.57. The molecule has 2 unspecified atom stereocenters. The summed E-state index contributed by atoms with van der Waals surface area (Å²) in [5, 5.41) is 9.29. The topological polar surface area (TPSA) is 39.6 Å². The number of hydrogen-bond acceptors (Lipinski definition) is 4. The average molecular weight is 263 g/mol. The van der Waals surface area contributed by atoms with Gasteiger partial charge >= 0.3 is 0 Å². The van der Waals surface area contributed by atoms with Crippen LogP contribution in [0.25, 0.3) is 0 Å². The van der Waals surface area contributed by atoms with Gasteiger partial charge in [-0.25, -0.2) is 0 Å². The molecule has 4 nitrogen and oxygen atoms in total. The molecular formula is C15H25N3O. The summed E-state index contributed by atoms with van der Waals surface area (Å²) >= 11 is 0. The Balaban J connectivity index is 2.06. The van der Waals surface area contributed by atoms with Crippen molar-refractivity contribution in [2.75, 3.05) is 26.7 Å². The molecule has 0 aliphatic carbocycles. The van der Waals surface area contributed by atoms with E-state index in [1.165, 1.54) is 12.0 Å². The minimum atomic E-state index is 0.264. The van der Waals surface area contributed by atoms with E-state index >= 15 is 0 Å². The predicted octanol–water partition coefficient (Wildman–Crippen LogP) is 1.36. The van der Waals surface area contributed by atoms with E-state index in [4.69, 9.17) is 0 Å². The van der Waals surface area contributed by atoms with Gasteiger partial charge in [0.25, 0.3) is 0 Å². The summed E-state index contributed by atoms with van der Waals surface area (Å²) in [7, 11) is 2.19. The number of likely N-dealkylation sites (N-methyl/N-ethyl adjacent to an activating group) is 1. The molecule has 4 heteroatoms. The highest BCUT2D eigenvalue weighted by Crippen LogP contribution is 2.18. The van der Waals surface area contributed by atoms with Crippen molar-refractivity contribution in [1.29, 1.82) is 0 Å². The number of nitrogens with zero attached hydrogens (tertiary/aromatic N) is 3. The normalized spacial score (nSPS) is 26.3. The van der Waals surface area contributed by atoms with E-state index in [9.17, 15) is 5.11 Å². The Morgan fingerprint density at radius 3 is 2.79 bits per heavy atom. The zero-order valence-electron chi connectivity index (χ0n) is 12.0. The van der Waals surface area contributed by atoms with E-state index in [0.717, 1.165) is 26.1 Å². The van der Waals surface area contributed by atoms with Gasteiger partial charge in [-0.05, 0) is 44.5 Å². The molecule has 1 N–H and O–H groups in total. The fourth-order valence-electron chi connectivity index (χ4n) is 2.74. The van der Waals surface area contributed by atoms with Crippen molar-refractivity contribution in [2.24, 2.45) is 0 Å². The highest BCUT2D eigenvalue weighted by molar-refractivity contribution is 5.09. The maximum atomic E-state index is 9.29. The Bertz CT molecular complexity index is 371. The number of hydrogen-bond donors (Lipinski definition) is 1. The molecule has 2 atom stereocenters. The lowest BCUT2D eigenvalue weighted by Gasteiger charge is -2.31. The summed E-state index contributed by atoms with van der Waals surface area (Å²) < 4.78 is 0. The van der Waals surface area contributed by atoms with Gasteiger partial charge in [0.1, 0.15) is 0 Å². The quantitative estimate of drug-likeness (QED) is 0.890. The molecule has 0 saturated carbocycles. The maximum absolute atomic E-state index is 9.29. The van der Waals surface area contributed by atoms with Crippen molar-refractivity contribution < 1.29 is 5.11 Å². The van der Waals surface area contributed by atoms with Crippen molar-refractivity contribution in [2.45, 2.75) is 38.4 Å². The summed E-state index contributed by atoms with van der Waals surface area (Å²) in [6.07, 6.45) is 5.73. The number of pyridine rings is 1. The van der Waals surface area contributed by atoms with E-state index in [0.29, 0.717) is 12.1 Å². The number of aliphatic hydroxyl groups is 1. The highest BCUT2D eigenvalue weighted by atomic mass is 16.3. The third-order valence-corrected chi connectivity index (χ3v) is 4.20. The van der Waals surface area contributed by atoms with Gasteiger partial charge in [-0.2, -0.15) is 0 Å². The second-order valence-electron chi connectivity index (χ2n) is 5.57. The summed E-state index contributed by atoms with van der Waals surface area (Å²) in [6.45, 7) is 5.63. The first-order chi connectivity index (χ1) is 9.20. The van der Waals surface area contributed by atoms with Crippen LogP contribution in [-0.4, -0.2) is 58.7 Å². The molecule has 0 radical (unpaired) electrons. The molecule has 1 fully saturated rings.